The summed E-state index contributed by atoms with van der Waals surface area (Å²) >= 11 is 0. The van der Waals surface area contributed by atoms with Crippen LogP contribution in [0.4, 0.5) is 5.95 Å². The van der Waals surface area contributed by atoms with Gasteiger partial charge in [0, 0.05) is 0 Å². The van der Waals surface area contributed by atoms with Gasteiger partial charge in [-0.1, -0.05) is 35.5 Å². The quantitative estimate of drug-likeness (QED) is 0.260. The first-order valence-electron chi connectivity index (χ1n) is 9.93. The molecule has 0 bridgehead atoms. The van der Waals surface area contributed by atoms with Gasteiger partial charge in [-0.05, 0) is 5.56 Å². The molecule has 1 aliphatic heterocycles. The monoisotopic (exact) mass is 448 g/mol. The Morgan fingerprint density at radius 1 is 1.06 bits per heavy atom. The van der Waals surface area contributed by atoms with E-state index in [1.807, 2.05) is 30.3 Å². The standard InChI is InChI=1S/C19H24N6O7/c20-19-21-16-12(17(22-19)31-9-10-4-2-1-3-5-10)23-24-25(16)6-7-30-18-15(29)14(28)13(27)11(8-26)32-18/h1-5,11,13-15,18,26-29H,6-9H2,(H2,20,21,22)/t11?,13-,14-,15?,18+/m0/s1. The molecule has 3 aromatic rings. The van der Waals surface area contributed by atoms with Crippen LogP contribution in [0.5, 0.6) is 5.88 Å². The third-order valence-corrected chi connectivity index (χ3v) is 5.00. The van der Waals surface area contributed by atoms with Gasteiger partial charge in [0.25, 0.3) is 0 Å². The number of ether oxygens (including phenoxy) is 3. The molecule has 0 radical (unpaired) electrons. The predicted octanol–water partition coefficient (Wildman–Crippen LogP) is -1.80. The van der Waals surface area contributed by atoms with Crippen LogP contribution in [0.1, 0.15) is 5.56 Å². The summed E-state index contributed by atoms with van der Waals surface area (Å²) in [5.74, 6) is 0.177. The van der Waals surface area contributed by atoms with Gasteiger partial charge in [0.1, 0.15) is 31.0 Å². The Bertz CT molecular complexity index is 1030. The van der Waals surface area contributed by atoms with E-state index >= 15 is 0 Å². The molecule has 13 heteroatoms. The molecular weight excluding hydrogens is 424 g/mol. The van der Waals surface area contributed by atoms with Crippen molar-refractivity contribution in [3.63, 3.8) is 0 Å². The summed E-state index contributed by atoms with van der Waals surface area (Å²) in [6.07, 6.45) is -6.76. The van der Waals surface area contributed by atoms with Gasteiger partial charge in [0.05, 0.1) is 19.8 Å². The van der Waals surface area contributed by atoms with Gasteiger partial charge in [-0.25, -0.2) is 4.68 Å². The van der Waals surface area contributed by atoms with Crippen LogP contribution in [0.3, 0.4) is 0 Å². The molecule has 13 nitrogen and oxygen atoms in total. The average molecular weight is 448 g/mol. The van der Waals surface area contributed by atoms with Crippen molar-refractivity contribution in [3.8, 4) is 5.88 Å². The van der Waals surface area contributed by atoms with E-state index in [-0.39, 0.29) is 31.6 Å². The van der Waals surface area contributed by atoms with Crippen LogP contribution in [-0.4, -0.2) is 89.3 Å². The minimum Gasteiger partial charge on any atom is -0.471 e. The summed E-state index contributed by atoms with van der Waals surface area (Å²) < 4.78 is 18.0. The third-order valence-electron chi connectivity index (χ3n) is 5.00. The Morgan fingerprint density at radius 3 is 2.59 bits per heavy atom. The highest BCUT2D eigenvalue weighted by Gasteiger charge is 2.43. The van der Waals surface area contributed by atoms with Crippen molar-refractivity contribution in [2.75, 3.05) is 18.9 Å². The molecule has 2 aromatic heterocycles. The zero-order valence-electron chi connectivity index (χ0n) is 16.9. The summed E-state index contributed by atoms with van der Waals surface area (Å²) in [5, 5.41) is 47.1. The van der Waals surface area contributed by atoms with Crippen LogP contribution in [0.15, 0.2) is 30.3 Å². The molecule has 2 unspecified atom stereocenters. The Labute approximate surface area is 182 Å². The highest BCUT2D eigenvalue weighted by atomic mass is 16.7. The number of nitrogens with two attached hydrogens (primary N) is 1. The molecule has 0 saturated carbocycles. The number of aliphatic hydroxyl groups is 4. The number of aromatic nitrogens is 5. The molecule has 6 N–H and O–H groups in total. The molecule has 1 fully saturated rings. The van der Waals surface area contributed by atoms with E-state index < -0.39 is 37.3 Å². The Balaban J connectivity index is 1.42. The van der Waals surface area contributed by atoms with E-state index in [4.69, 9.17) is 19.9 Å². The minimum atomic E-state index is -1.52. The molecule has 172 valence electrons. The van der Waals surface area contributed by atoms with Gasteiger partial charge in [0.2, 0.25) is 11.8 Å². The lowest BCUT2D eigenvalue weighted by atomic mass is 9.99. The molecule has 3 heterocycles. The largest absolute Gasteiger partial charge is 0.471 e. The molecule has 0 spiro atoms. The Morgan fingerprint density at radius 2 is 1.84 bits per heavy atom. The molecular formula is C19H24N6O7. The average Bonchev–Trinajstić information content (AvgIpc) is 3.21. The second-order valence-electron chi connectivity index (χ2n) is 7.21. The van der Waals surface area contributed by atoms with Crippen molar-refractivity contribution in [2.24, 2.45) is 0 Å². The first-order valence-corrected chi connectivity index (χ1v) is 9.93. The number of hydrogen-bond donors (Lipinski definition) is 5. The summed E-state index contributed by atoms with van der Waals surface area (Å²) in [6, 6.07) is 9.52. The van der Waals surface area contributed by atoms with Crippen molar-refractivity contribution in [2.45, 2.75) is 43.9 Å². The molecule has 0 amide bonds. The number of anilines is 1. The SMILES string of the molecule is Nc1nc(OCc2ccccc2)c2nnn(CCO[C@@H]3OC(CO)[C@H](O)[C@H](O)C3O)c2n1. The fraction of sp³-hybridized carbons (Fsp3) is 0.474. The molecule has 5 atom stereocenters. The van der Waals surface area contributed by atoms with Crippen LogP contribution in [0.25, 0.3) is 11.2 Å². The van der Waals surface area contributed by atoms with Gasteiger partial charge < -0.3 is 40.4 Å². The second-order valence-corrected chi connectivity index (χ2v) is 7.21. The van der Waals surface area contributed by atoms with E-state index in [1.54, 1.807) is 0 Å². The van der Waals surface area contributed by atoms with Gasteiger partial charge >= 0.3 is 0 Å². The van der Waals surface area contributed by atoms with Gasteiger partial charge in [-0.3, -0.25) is 0 Å². The number of rotatable bonds is 8. The molecule has 1 aliphatic rings. The second kappa shape index (κ2) is 9.68. The first-order chi connectivity index (χ1) is 15.5. The van der Waals surface area contributed by atoms with E-state index in [9.17, 15) is 20.4 Å². The lowest BCUT2D eigenvalue weighted by Gasteiger charge is -2.39. The fourth-order valence-corrected chi connectivity index (χ4v) is 3.29. The molecule has 32 heavy (non-hydrogen) atoms. The summed E-state index contributed by atoms with van der Waals surface area (Å²) in [5.41, 5.74) is 7.41. The Hall–Kier alpha value is -2.94. The van der Waals surface area contributed by atoms with Gasteiger partial charge in [-0.2, -0.15) is 9.97 Å². The lowest BCUT2D eigenvalue weighted by Crippen LogP contribution is -2.59. The molecule has 1 saturated heterocycles. The van der Waals surface area contributed by atoms with Crippen molar-refractivity contribution in [3.05, 3.63) is 35.9 Å². The smallest absolute Gasteiger partial charge is 0.249 e. The van der Waals surface area contributed by atoms with Gasteiger partial charge in [-0.15, -0.1) is 5.10 Å². The zero-order valence-corrected chi connectivity index (χ0v) is 16.9. The molecule has 0 aliphatic carbocycles. The van der Waals surface area contributed by atoms with Crippen LogP contribution < -0.4 is 10.5 Å². The van der Waals surface area contributed by atoms with Crippen LogP contribution in [-0.2, 0) is 22.6 Å². The van der Waals surface area contributed by atoms with Crippen LogP contribution in [0, 0.1) is 0 Å². The highest BCUT2D eigenvalue weighted by molar-refractivity contribution is 5.76. The maximum absolute atomic E-state index is 10.0. The topological polar surface area (TPSA) is 191 Å². The number of fused-ring (bicyclic) bond motifs is 1. The Kier molecular flexibility index (Phi) is 6.74. The number of nitrogens with zero attached hydrogens (tertiary/aromatic N) is 5. The van der Waals surface area contributed by atoms with E-state index in [2.05, 4.69) is 20.3 Å². The normalized spacial score (nSPS) is 25.8. The predicted molar refractivity (Wildman–Crippen MR) is 108 cm³/mol. The number of benzene rings is 1. The van der Waals surface area contributed by atoms with Crippen molar-refractivity contribution < 1.29 is 34.6 Å². The minimum absolute atomic E-state index is 0.00867. The number of hydrogen-bond acceptors (Lipinski definition) is 12. The first kappa shape index (κ1) is 22.3. The maximum Gasteiger partial charge on any atom is 0.249 e. The van der Waals surface area contributed by atoms with Crippen molar-refractivity contribution >= 4 is 17.1 Å². The lowest BCUT2D eigenvalue weighted by molar-refractivity contribution is -0.301. The fourth-order valence-electron chi connectivity index (χ4n) is 3.29. The van der Waals surface area contributed by atoms with Crippen molar-refractivity contribution in [1.82, 2.24) is 25.0 Å². The molecule has 1 aromatic carbocycles. The number of nitrogen functional groups attached to an aromatic ring is 1. The highest BCUT2D eigenvalue weighted by Crippen LogP contribution is 2.23. The third kappa shape index (κ3) is 4.62. The summed E-state index contributed by atoms with van der Waals surface area (Å²) in [4.78, 5) is 8.26. The maximum atomic E-state index is 10.0. The molecule has 4 rings (SSSR count). The van der Waals surface area contributed by atoms with E-state index in [0.717, 1.165) is 5.56 Å². The summed E-state index contributed by atoms with van der Waals surface area (Å²) in [6.45, 7) is -0.134. The number of aliphatic hydroxyl groups excluding tert-OH is 4. The zero-order chi connectivity index (χ0) is 22.7. The van der Waals surface area contributed by atoms with E-state index in [0.29, 0.717) is 11.2 Å². The van der Waals surface area contributed by atoms with Gasteiger partial charge in [0.15, 0.2) is 17.5 Å². The van der Waals surface area contributed by atoms with Crippen LogP contribution in [0.2, 0.25) is 0 Å². The van der Waals surface area contributed by atoms with Crippen LogP contribution >= 0.6 is 0 Å². The summed E-state index contributed by atoms with van der Waals surface area (Å²) in [7, 11) is 0. The van der Waals surface area contributed by atoms with E-state index in [1.165, 1.54) is 4.68 Å². The van der Waals surface area contributed by atoms with Crippen molar-refractivity contribution in [1.29, 1.82) is 0 Å².